The Morgan fingerprint density at radius 1 is 1.00 bits per heavy atom. The minimum Gasteiger partial charge on any atom is -0.497 e. The van der Waals surface area contributed by atoms with Gasteiger partial charge in [-0.05, 0) is 53.4 Å². The number of amides is 2. The third kappa shape index (κ3) is 3.56. The second-order valence-electron chi connectivity index (χ2n) is 6.72. The predicted molar refractivity (Wildman–Crippen MR) is 112 cm³/mol. The van der Waals surface area contributed by atoms with Crippen molar-refractivity contribution in [3.63, 3.8) is 0 Å². The van der Waals surface area contributed by atoms with Crippen molar-refractivity contribution >= 4 is 23.3 Å². The number of urea groups is 1. The van der Waals surface area contributed by atoms with E-state index in [1.807, 2.05) is 65.6 Å². The maximum atomic E-state index is 13.2. The number of nitrogens with one attached hydrogen (secondary N) is 1. The molecule has 0 bridgehead atoms. The topological polar surface area (TPSA) is 41.6 Å². The normalized spacial score (nSPS) is 15.6. The van der Waals surface area contributed by atoms with Crippen LogP contribution in [-0.4, -0.2) is 24.6 Å². The molecule has 3 aromatic carbocycles. The number of hydrogen-bond acceptors (Lipinski definition) is 2. The zero-order chi connectivity index (χ0) is 19.5. The van der Waals surface area contributed by atoms with E-state index in [4.69, 9.17) is 16.3 Å². The van der Waals surface area contributed by atoms with E-state index in [9.17, 15) is 4.79 Å². The first-order valence-corrected chi connectivity index (χ1v) is 9.59. The second kappa shape index (κ2) is 7.95. The molecular weight excluding hydrogens is 372 g/mol. The molecule has 1 aliphatic heterocycles. The summed E-state index contributed by atoms with van der Waals surface area (Å²) >= 11 is 6.52. The average molecular weight is 393 g/mol. The van der Waals surface area contributed by atoms with Crippen LogP contribution in [0.4, 0.5) is 10.5 Å². The van der Waals surface area contributed by atoms with Crippen molar-refractivity contribution in [2.45, 2.75) is 12.5 Å². The number of ether oxygens (including phenoxy) is 1. The molecular formula is C23H21ClN2O2. The minimum absolute atomic E-state index is 0.149. The van der Waals surface area contributed by atoms with Gasteiger partial charge in [0, 0.05) is 17.3 Å². The molecule has 5 heteroatoms. The molecule has 0 radical (unpaired) electrons. The first-order valence-electron chi connectivity index (χ1n) is 9.21. The van der Waals surface area contributed by atoms with Crippen LogP contribution in [0, 0.1) is 0 Å². The van der Waals surface area contributed by atoms with Gasteiger partial charge in [0.2, 0.25) is 0 Å². The molecule has 1 N–H and O–H groups in total. The average Bonchev–Trinajstić information content (AvgIpc) is 2.74. The highest BCUT2D eigenvalue weighted by Gasteiger charge is 2.33. The number of hydrogen-bond donors (Lipinski definition) is 1. The molecule has 0 fully saturated rings. The van der Waals surface area contributed by atoms with Crippen LogP contribution < -0.4 is 10.1 Å². The summed E-state index contributed by atoms with van der Waals surface area (Å²) in [6, 6.07) is 22.9. The Hall–Kier alpha value is -2.98. The van der Waals surface area contributed by atoms with Crippen LogP contribution in [0.3, 0.4) is 0 Å². The van der Waals surface area contributed by atoms with Gasteiger partial charge in [-0.15, -0.1) is 0 Å². The zero-order valence-corrected chi connectivity index (χ0v) is 16.3. The largest absolute Gasteiger partial charge is 0.497 e. The van der Waals surface area contributed by atoms with Crippen molar-refractivity contribution in [3.8, 4) is 5.75 Å². The summed E-state index contributed by atoms with van der Waals surface area (Å²) in [7, 11) is 1.62. The Labute approximate surface area is 169 Å². The molecule has 1 aliphatic rings. The van der Waals surface area contributed by atoms with Gasteiger partial charge >= 0.3 is 6.03 Å². The SMILES string of the molecule is COc1ccc(NC(=O)N2CCc3ccccc3C2c2ccccc2Cl)cc1. The summed E-state index contributed by atoms with van der Waals surface area (Å²) in [5, 5.41) is 3.66. The number of carbonyl (C=O) groups is 1. The van der Waals surface area contributed by atoms with E-state index in [0.29, 0.717) is 11.6 Å². The standard InChI is InChI=1S/C23H21ClN2O2/c1-28-18-12-10-17(11-13-18)25-23(27)26-15-14-16-6-2-3-7-19(16)22(26)20-8-4-5-9-21(20)24/h2-13,22H,14-15H2,1H3,(H,25,27). The molecule has 4 rings (SSSR count). The molecule has 1 unspecified atom stereocenters. The number of halogens is 1. The lowest BCUT2D eigenvalue weighted by molar-refractivity contribution is 0.194. The van der Waals surface area contributed by atoms with Gasteiger partial charge in [0.25, 0.3) is 0 Å². The van der Waals surface area contributed by atoms with Gasteiger partial charge in [-0.2, -0.15) is 0 Å². The molecule has 0 saturated carbocycles. The van der Waals surface area contributed by atoms with Crippen molar-refractivity contribution in [2.24, 2.45) is 0 Å². The van der Waals surface area contributed by atoms with Crippen LogP contribution in [0.25, 0.3) is 0 Å². The molecule has 3 aromatic rings. The van der Waals surface area contributed by atoms with Crippen LogP contribution in [0.15, 0.2) is 72.8 Å². The molecule has 28 heavy (non-hydrogen) atoms. The highest BCUT2D eigenvalue weighted by molar-refractivity contribution is 6.31. The summed E-state index contributed by atoms with van der Waals surface area (Å²) in [5.41, 5.74) is 4.02. The molecule has 1 atom stereocenters. The maximum absolute atomic E-state index is 13.2. The predicted octanol–water partition coefficient (Wildman–Crippen LogP) is 5.53. The number of methoxy groups -OCH3 is 1. The van der Waals surface area contributed by atoms with E-state index in [1.165, 1.54) is 5.56 Å². The fraction of sp³-hybridized carbons (Fsp3) is 0.174. The number of rotatable bonds is 3. The monoisotopic (exact) mass is 392 g/mol. The van der Waals surface area contributed by atoms with Crippen molar-refractivity contribution in [3.05, 3.63) is 94.5 Å². The first kappa shape index (κ1) is 18.4. The third-order valence-electron chi connectivity index (χ3n) is 5.09. The maximum Gasteiger partial charge on any atom is 0.322 e. The van der Waals surface area contributed by atoms with Crippen molar-refractivity contribution in [1.29, 1.82) is 0 Å². The van der Waals surface area contributed by atoms with Crippen molar-refractivity contribution in [2.75, 3.05) is 19.0 Å². The molecule has 0 aromatic heterocycles. The molecule has 0 saturated heterocycles. The van der Waals surface area contributed by atoms with Gasteiger partial charge in [0.05, 0.1) is 13.2 Å². The van der Waals surface area contributed by atoms with Crippen molar-refractivity contribution < 1.29 is 9.53 Å². The van der Waals surface area contributed by atoms with Crippen LogP contribution in [0.1, 0.15) is 22.7 Å². The second-order valence-corrected chi connectivity index (χ2v) is 7.13. The van der Waals surface area contributed by atoms with Gasteiger partial charge in [0.1, 0.15) is 5.75 Å². The summed E-state index contributed by atoms with van der Waals surface area (Å²) < 4.78 is 5.18. The molecule has 0 aliphatic carbocycles. The van der Waals surface area contributed by atoms with Crippen LogP contribution >= 0.6 is 11.6 Å². The van der Waals surface area contributed by atoms with E-state index in [2.05, 4.69) is 17.4 Å². The van der Waals surface area contributed by atoms with Crippen LogP contribution in [0.2, 0.25) is 5.02 Å². The highest BCUT2D eigenvalue weighted by Crippen LogP contribution is 2.38. The highest BCUT2D eigenvalue weighted by atomic mass is 35.5. The first-order chi connectivity index (χ1) is 13.7. The van der Waals surface area contributed by atoms with E-state index in [0.717, 1.165) is 29.0 Å². The molecule has 1 heterocycles. The van der Waals surface area contributed by atoms with Crippen LogP contribution in [-0.2, 0) is 6.42 Å². The lowest BCUT2D eigenvalue weighted by Gasteiger charge is -2.38. The number of nitrogens with zero attached hydrogens (tertiary/aromatic N) is 1. The Kier molecular flexibility index (Phi) is 5.22. The number of carbonyl (C=O) groups excluding carboxylic acids is 1. The Morgan fingerprint density at radius 3 is 2.39 bits per heavy atom. The van der Waals surface area contributed by atoms with E-state index >= 15 is 0 Å². The fourth-order valence-corrected chi connectivity index (χ4v) is 3.93. The summed E-state index contributed by atoms with van der Waals surface area (Å²) in [4.78, 5) is 15.0. The number of benzene rings is 3. The van der Waals surface area contributed by atoms with E-state index in [-0.39, 0.29) is 12.1 Å². The molecule has 142 valence electrons. The van der Waals surface area contributed by atoms with Gasteiger partial charge in [0.15, 0.2) is 0 Å². The Bertz CT molecular complexity index is 988. The minimum atomic E-state index is -0.225. The fourth-order valence-electron chi connectivity index (χ4n) is 3.69. The van der Waals surface area contributed by atoms with Gasteiger partial charge in [-0.25, -0.2) is 4.79 Å². The summed E-state index contributed by atoms with van der Waals surface area (Å²) in [6.45, 7) is 0.620. The summed E-state index contributed by atoms with van der Waals surface area (Å²) in [6.07, 6.45) is 0.813. The Balaban J connectivity index is 1.68. The number of anilines is 1. The quantitative estimate of drug-likeness (QED) is 0.636. The zero-order valence-electron chi connectivity index (χ0n) is 15.6. The van der Waals surface area contributed by atoms with E-state index < -0.39 is 0 Å². The van der Waals surface area contributed by atoms with Gasteiger partial charge in [-0.3, -0.25) is 0 Å². The third-order valence-corrected chi connectivity index (χ3v) is 5.43. The van der Waals surface area contributed by atoms with E-state index in [1.54, 1.807) is 7.11 Å². The van der Waals surface area contributed by atoms with Crippen LogP contribution in [0.5, 0.6) is 5.75 Å². The van der Waals surface area contributed by atoms with Gasteiger partial charge < -0.3 is 15.0 Å². The summed E-state index contributed by atoms with van der Waals surface area (Å²) in [5.74, 6) is 0.749. The lowest BCUT2D eigenvalue weighted by atomic mass is 9.88. The molecule has 0 spiro atoms. The molecule has 4 nitrogen and oxygen atoms in total. The number of fused-ring (bicyclic) bond motifs is 1. The molecule has 2 amide bonds. The van der Waals surface area contributed by atoms with Crippen molar-refractivity contribution in [1.82, 2.24) is 4.90 Å². The Morgan fingerprint density at radius 2 is 1.68 bits per heavy atom. The lowest BCUT2D eigenvalue weighted by Crippen LogP contribution is -2.43. The smallest absolute Gasteiger partial charge is 0.322 e. The van der Waals surface area contributed by atoms with Gasteiger partial charge in [-0.1, -0.05) is 54.1 Å².